The summed E-state index contributed by atoms with van der Waals surface area (Å²) in [5.41, 5.74) is 1.48. The second-order valence-corrected chi connectivity index (χ2v) is 9.90. The van der Waals surface area contributed by atoms with Crippen molar-refractivity contribution in [2.45, 2.75) is 32.7 Å². The highest BCUT2D eigenvalue weighted by Crippen LogP contribution is 2.30. The van der Waals surface area contributed by atoms with Crippen molar-refractivity contribution in [1.82, 2.24) is 35.7 Å². The van der Waals surface area contributed by atoms with Crippen molar-refractivity contribution in [3.63, 3.8) is 0 Å². The second-order valence-electron chi connectivity index (χ2n) is 9.90. The van der Waals surface area contributed by atoms with Gasteiger partial charge in [0.25, 0.3) is 0 Å². The Morgan fingerprint density at radius 1 is 1.15 bits per heavy atom. The smallest absolute Gasteiger partial charge is 0.315 e. The number of halogens is 2. The number of rotatable bonds is 9. The Balaban J connectivity index is 1.61. The van der Waals surface area contributed by atoms with Crippen LogP contribution >= 0.6 is 0 Å². The molecule has 1 aromatic carbocycles. The molecule has 0 bridgehead atoms. The zero-order chi connectivity index (χ0) is 29.9. The summed E-state index contributed by atoms with van der Waals surface area (Å²) in [6, 6.07) is 6.18. The lowest BCUT2D eigenvalue weighted by Gasteiger charge is -2.10. The van der Waals surface area contributed by atoms with Crippen molar-refractivity contribution in [2.75, 3.05) is 0 Å². The SMILES string of the molecule is C=CC(=O)N/C(C(=C)F)=C(/C=C)c1nc2nccc(-c3ccc(CNC(=O)c4nc(C(C)(C)C)no4)c(F)c3)c2[nH]1. The minimum absolute atomic E-state index is 0.113. The minimum atomic E-state index is -0.915. The number of benzene rings is 1. The molecule has 0 aliphatic heterocycles. The number of imidazole rings is 1. The number of hydrogen-bond donors (Lipinski definition) is 3. The van der Waals surface area contributed by atoms with Crippen LogP contribution in [0.1, 0.15) is 48.7 Å². The maximum absolute atomic E-state index is 15.1. The Morgan fingerprint density at radius 3 is 2.51 bits per heavy atom. The Hall–Kier alpha value is -5.26. The summed E-state index contributed by atoms with van der Waals surface area (Å²) in [6.45, 7) is 15.9. The molecule has 0 fully saturated rings. The maximum atomic E-state index is 15.1. The number of carbonyl (C=O) groups excluding carboxylic acids is 2. The van der Waals surface area contributed by atoms with E-state index in [1.165, 1.54) is 24.4 Å². The number of H-pyrrole nitrogens is 1. The number of allylic oxidation sites excluding steroid dienone is 3. The second kappa shape index (κ2) is 11.5. The number of nitrogens with zero attached hydrogens (tertiary/aromatic N) is 4. The first-order valence-corrected chi connectivity index (χ1v) is 12.3. The van der Waals surface area contributed by atoms with Crippen molar-refractivity contribution < 1.29 is 22.9 Å². The lowest BCUT2D eigenvalue weighted by molar-refractivity contribution is -0.115. The van der Waals surface area contributed by atoms with E-state index in [0.29, 0.717) is 22.5 Å². The summed E-state index contributed by atoms with van der Waals surface area (Å²) < 4.78 is 34.4. The zero-order valence-electron chi connectivity index (χ0n) is 22.6. The van der Waals surface area contributed by atoms with E-state index in [4.69, 9.17) is 4.52 Å². The monoisotopic (exact) mass is 559 g/mol. The number of amides is 2. The Labute approximate surface area is 234 Å². The molecule has 3 N–H and O–H groups in total. The van der Waals surface area contributed by atoms with Crippen molar-refractivity contribution in [2.24, 2.45) is 0 Å². The number of aromatic amines is 1. The fourth-order valence-electron chi connectivity index (χ4n) is 3.78. The molecule has 3 heterocycles. The lowest BCUT2D eigenvalue weighted by Crippen LogP contribution is -2.24. The first-order chi connectivity index (χ1) is 19.4. The van der Waals surface area contributed by atoms with Crippen molar-refractivity contribution in [1.29, 1.82) is 0 Å². The molecule has 0 radical (unpaired) electrons. The molecular weight excluding hydrogens is 532 g/mol. The van der Waals surface area contributed by atoms with Crippen LogP contribution in [0.15, 0.2) is 78.4 Å². The van der Waals surface area contributed by atoms with E-state index in [9.17, 15) is 14.0 Å². The molecule has 0 atom stereocenters. The molecule has 0 spiro atoms. The van der Waals surface area contributed by atoms with Crippen LogP contribution in [0.5, 0.6) is 0 Å². The van der Waals surface area contributed by atoms with Crippen LogP contribution in [0.4, 0.5) is 8.78 Å². The standard InChI is InChI=1S/C29H27F2N7O3/c1-7-18(22(15(3)30)34-21(39)8-2)24-35-23-19(11-12-32-25(23)36-24)16-9-10-17(20(31)13-16)14-33-26(40)27-37-28(38-41-27)29(4,5)6/h7-13H,1-3,14H2,4-6H3,(H,33,40)(H,34,39)(H,32,35,36)/b22-18-. The van der Waals surface area contributed by atoms with Crippen LogP contribution in [-0.2, 0) is 16.8 Å². The van der Waals surface area contributed by atoms with Gasteiger partial charge in [-0.1, -0.05) is 63.9 Å². The van der Waals surface area contributed by atoms with Crippen LogP contribution in [0.25, 0.3) is 27.9 Å². The predicted molar refractivity (Wildman–Crippen MR) is 149 cm³/mol. The molecule has 10 nitrogen and oxygen atoms in total. The van der Waals surface area contributed by atoms with E-state index >= 15 is 4.39 Å². The van der Waals surface area contributed by atoms with Gasteiger partial charge in [-0.2, -0.15) is 4.98 Å². The molecular formula is C29H27F2N7O3. The van der Waals surface area contributed by atoms with E-state index in [1.807, 2.05) is 20.8 Å². The number of carbonyl (C=O) groups is 2. The van der Waals surface area contributed by atoms with Gasteiger partial charge in [-0.3, -0.25) is 9.59 Å². The van der Waals surface area contributed by atoms with Crippen LogP contribution in [-0.4, -0.2) is 36.9 Å². The minimum Gasteiger partial charge on any atom is -0.344 e. The molecule has 2 amide bonds. The molecule has 41 heavy (non-hydrogen) atoms. The molecule has 0 aliphatic rings. The number of fused-ring (bicyclic) bond motifs is 1. The summed E-state index contributed by atoms with van der Waals surface area (Å²) >= 11 is 0. The Kier molecular flexibility index (Phi) is 8.03. The van der Waals surface area contributed by atoms with Crippen LogP contribution < -0.4 is 10.6 Å². The number of hydrogen-bond acceptors (Lipinski definition) is 7. The van der Waals surface area contributed by atoms with E-state index in [-0.39, 0.29) is 40.7 Å². The van der Waals surface area contributed by atoms with Crippen molar-refractivity contribution >= 4 is 28.6 Å². The summed E-state index contributed by atoms with van der Waals surface area (Å²) in [5, 5.41) is 8.76. The van der Waals surface area contributed by atoms with E-state index < -0.39 is 28.9 Å². The normalized spacial score (nSPS) is 12.0. The largest absolute Gasteiger partial charge is 0.344 e. The van der Waals surface area contributed by atoms with Gasteiger partial charge < -0.3 is 20.1 Å². The fourth-order valence-corrected chi connectivity index (χ4v) is 3.78. The van der Waals surface area contributed by atoms with Crippen LogP contribution in [0.2, 0.25) is 0 Å². The summed E-state index contributed by atoms with van der Waals surface area (Å²) in [5.74, 6) is -2.42. The van der Waals surface area contributed by atoms with Gasteiger partial charge in [0.1, 0.15) is 17.5 Å². The summed E-state index contributed by atoms with van der Waals surface area (Å²) in [4.78, 5) is 40.1. The van der Waals surface area contributed by atoms with Crippen molar-refractivity contribution in [3.8, 4) is 11.1 Å². The molecule has 0 saturated heterocycles. The van der Waals surface area contributed by atoms with Crippen molar-refractivity contribution in [3.05, 3.63) is 103 Å². The Morgan fingerprint density at radius 2 is 1.90 bits per heavy atom. The van der Waals surface area contributed by atoms with Crippen LogP contribution in [0.3, 0.4) is 0 Å². The van der Waals surface area contributed by atoms with Gasteiger partial charge in [-0.25, -0.2) is 18.7 Å². The highest BCUT2D eigenvalue weighted by atomic mass is 19.1. The first kappa shape index (κ1) is 28.7. The zero-order valence-corrected chi connectivity index (χ0v) is 22.6. The Bertz CT molecular complexity index is 1730. The molecule has 210 valence electrons. The molecule has 4 aromatic rings. The summed E-state index contributed by atoms with van der Waals surface area (Å²) in [7, 11) is 0. The number of nitrogens with one attached hydrogen (secondary N) is 3. The molecule has 12 heteroatoms. The molecule has 0 unspecified atom stereocenters. The third kappa shape index (κ3) is 6.16. The van der Waals surface area contributed by atoms with Gasteiger partial charge in [0.05, 0.1) is 11.2 Å². The predicted octanol–water partition coefficient (Wildman–Crippen LogP) is 5.06. The van der Waals surface area contributed by atoms with Gasteiger partial charge in [0.2, 0.25) is 5.91 Å². The third-order valence-corrected chi connectivity index (χ3v) is 5.92. The van der Waals surface area contributed by atoms with Gasteiger partial charge in [-0.15, -0.1) is 0 Å². The first-order valence-electron chi connectivity index (χ1n) is 12.3. The molecule has 0 saturated carbocycles. The molecule has 4 rings (SSSR count). The highest BCUT2D eigenvalue weighted by Gasteiger charge is 2.24. The quantitative estimate of drug-likeness (QED) is 0.193. The van der Waals surface area contributed by atoms with E-state index in [2.05, 4.69) is 55.5 Å². The molecule has 0 aliphatic carbocycles. The lowest BCUT2D eigenvalue weighted by atomic mass is 9.96. The average molecular weight is 560 g/mol. The topological polar surface area (TPSA) is 139 Å². The van der Waals surface area contributed by atoms with Gasteiger partial charge in [0.15, 0.2) is 11.5 Å². The summed E-state index contributed by atoms with van der Waals surface area (Å²) in [6.07, 6.45) is 3.79. The van der Waals surface area contributed by atoms with Gasteiger partial charge in [0, 0.05) is 34.9 Å². The maximum Gasteiger partial charge on any atom is 0.315 e. The fraction of sp³-hybridized carbons (Fsp3) is 0.172. The number of pyridine rings is 1. The third-order valence-electron chi connectivity index (χ3n) is 5.92. The number of aromatic nitrogens is 5. The van der Waals surface area contributed by atoms with E-state index in [0.717, 1.165) is 6.08 Å². The highest BCUT2D eigenvalue weighted by molar-refractivity contribution is 5.94. The van der Waals surface area contributed by atoms with Gasteiger partial charge >= 0.3 is 11.8 Å². The average Bonchev–Trinajstić information content (AvgIpc) is 3.60. The van der Waals surface area contributed by atoms with Crippen LogP contribution in [0, 0.1) is 5.82 Å². The molecule has 3 aromatic heterocycles. The van der Waals surface area contributed by atoms with Gasteiger partial charge in [-0.05, 0) is 23.8 Å². The van der Waals surface area contributed by atoms with E-state index in [1.54, 1.807) is 12.1 Å².